The molecule has 0 aliphatic carbocycles. The summed E-state index contributed by atoms with van der Waals surface area (Å²) in [6.45, 7) is 1.61. The molecule has 0 radical (unpaired) electrons. The minimum Gasteiger partial charge on any atom is -0.322 e. The van der Waals surface area contributed by atoms with Gasteiger partial charge in [0.1, 0.15) is 11.9 Å². The number of hydrogen-bond acceptors (Lipinski definition) is 4. The lowest BCUT2D eigenvalue weighted by Gasteiger charge is -2.11. The van der Waals surface area contributed by atoms with Gasteiger partial charge in [0.05, 0.1) is 5.69 Å². The van der Waals surface area contributed by atoms with Gasteiger partial charge in [-0.1, -0.05) is 40.2 Å². The number of para-hydroxylation sites is 1. The molecule has 3 rings (SSSR count). The Morgan fingerprint density at radius 2 is 1.92 bits per heavy atom. The minimum absolute atomic E-state index is 0.112. The van der Waals surface area contributed by atoms with E-state index in [1.807, 2.05) is 24.3 Å². The van der Waals surface area contributed by atoms with Crippen molar-refractivity contribution in [1.82, 2.24) is 20.2 Å². The van der Waals surface area contributed by atoms with Gasteiger partial charge in [0.25, 0.3) is 5.91 Å². The van der Waals surface area contributed by atoms with Crippen molar-refractivity contribution < 1.29 is 9.18 Å². The third-order valence-corrected chi connectivity index (χ3v) is 4.09. The summed E-state index contributed by atoms with van der Waals surface area (Å²) in [6, 6.07) is 12.7. The topological polar surface area (TPSA) is 72.7 Å². The van der Waals surface area contributed by atoms with Gasteiger partial charge in [0, 0.05) is 10.0 Å². The maximum absolute atomic E-state index is 13.6. The maximum atomic E-state index is 13.6. The van der Waals surface area contributed by atoms with Crippen molar-refractivity contribution in [3.8, 4) is 11.4 Å². The Labute approximate surface area is 145 Å². The Morgan fingerprint density at radius 3 is 2.67 bits per heavy atom. The van der Waals surface area contributed by atoms with Gasteiger partial charge < -0.3 is 5.32 Å². The predicted molar refractivity (Wildman–Crippen MR) is 90.7 cm³/mol. The number of benzene rings is 2. The molecule has 0 aliphatic heterocycles. The number of hydrogen-bond donors (Lipinski definition) is 1. The number of carbonyl (C=O) groups excluding carboxylic acids is 1. The van der Waals surface area contributed by atoms with E-state index in [2.05, 4.69) is 36.7 Å². The van der Waals surface area contributed by atoms with Crippen LogP contribution in [0.5, 0.6) is 0 Å². The predicted octanol–water partition coefficient (Wildman–Crippen LogP) is 3.44. The van der Waals surface area contributed by atoms with Crippen LogP contribution in [0.25, 0.3) is 11.4 Å². The lowest BCUT2D eigenvalue weighted by atomic mass is 10.2. The van der Waals surface area contributed by atoms with E-state index in [1.54, 1.807) is 19.1 Å². The summed E-state index contributed by atoms with van der Waals surface area (Å²) >= 11 is 3.42. The minimum atomic E-state index is -0.742. The summed E-state index contributed by atoms with van der Waals surface area (Å²) in [4.78, 5) is 13.5. The van der Waals surface area contributed by atoms with Crippen LogP contribution in [0.4, 0.5) is 10.1 Å². The van der Waals surface area contributed by atoms with E-state index in [9.17, 15) is 9.18 Å². The third kappa shape index (κ3) is 3.33. The van der Waals surface area contributed by atoms with Gasteiger partial charge in [-0.15, -0.1) is 10.2 Å². The summed E-state index contributed by atoms with van der Waals surface area (Å²) in [5, 5.41) is 14.6. The molecule has 1 amide bonds. The molecule has 3 aromatic rings. The Hall–Kier alpha value is -2.61. The summed E-state index contributed by atoms with van der Waals surface area (Å²) in [5.41, 5.74) is 0.881. The van der Waals surface area contributed by atoms with E-state index in [-0.39, 0.29) is 5.69 Å². The molecular weight excluding hydrogens is 377 g/mol. The van der Waals surface area contributed by atoms with Crippen LogP contribution in [0.1, 0.15) is 13.0 Å². The average Bonchev–Trinajstić information content (AvgIpc) is 3.06. The van der Waals surface area contributed by atoms with Crippen molar-refractivity contribution in [2.24, 2.45) is 0 Å². The maximum Gasteiger partial charge on any atom is 0.250 e. The zero-order valence-electron chi connectivity index (χ0n) is 12.6. The van der Waals surface area contributed by atoms with Crippen molar-refractivity contribution in [1.29, 1.82) is 0 Å². The monoisotopic (exact) mass is 389 g/mol. The molecule has 6 nitrogen and oxygen atoms in total. The van der Waals surface area contributed by atoms with E-state index in [0.717, 1.165) is 10.0 Å². The van der Waals surface area contributed by atoms with Gasteiger partial charge in [-0.2, -0.15) is 4.80 Å². The van der Waals surface area contributed by atoms with Crippen LogP contribution in [0.15, 0.2) is 53.0 Å². The van der Waals surface area contributed by atoms with Crippen molar-refractivity contribution in [2.75, 3.05) is 5.32 Å². The average molecular weight is 390 g/mol. The summed E-state index contributed by atoms with van der Waals surface area (Å²) in [6.07, 6.45) is 0. The number of amides is 1. The van der Waals surface area contributed by atoms with Crippen molar-refractivity contribution in [2.45, 2.75) is 13.0 Å². The first kappa shape index (κ1) is 16.3. The first-order valence-electron chi connectivity index (χ1n) is 7.16. The number of rotatable bonds is 4. The number of nitrogens with one attached hydrogen (secondary N) is 1. The second kappa shape index (κ2) is 6.88. The number of aromatic nitrogens is 4. The van der Waals surface area contributed by atoms with Crippen LogP contribution in [0, 0.1) is 5.82 Å². The highest BCUT2D eigenvalue weighted by molar-refractivity contribution is 9.10. The van der Waals surface area contributed by atoms with Gasteiger partial charge in [-0.05, 0) is 36.4 Å². The molecule has 24 heavy (non-hydrogen) atoms. The molecule has 1 atom stereocenters. The fourth-order valence-corrected chi connectivity index (χ4v) is 2.51. The number of nitrogens with zero attached hydrogens (tertiary/aromatic N) is 4. The largest absolute Gasteiger partial charge is 0.322 e. The molecule has 1 N–H and O–H groups in total. The van der Waals surface area contributed by atoms with E-state index < -0.39 is 17.8 Å². The summed E-state index contributed by atoms with van der Waals surface area (Å²) in [5.74, 6) is -0.539. The molecule has 0 aliphatic rings. The first-order chi connectivity index (χ1) is 11.6. The Kier molecular flexibility index (Phi) is 4.66. The normalized spacial score (nSPS) is 12.0. The summed E-state index contributed by atoms with van der Waals surface area (Å²) in [7, 11) is 0. The molecule has 0 unspecified atom stereocenters. The number of halogens is 2. The fourth-order valence-electron chi connectivity index (χ4n) is 2.04. The highest BCUT2D eigenvalue weighted by Gasteiger charge is 2.20. The first-order valence-corrected chi connectivity index (χ1v) is 7.95. The molecule has 1 aromatic heterocycles. The van der Waals surface area contributed by atoms with Gasteiger partial charge in [-0.3, -0.25) is 4.79 Å². The third-order valence-electron chi connectivity index (χ3n) is 3.40. The highest BCUT2D eigenvalue weighted by Crippen LogP contribution is 2.24. The molecule has 0 fully saturated rings. The lowest BCUT2D eigenvalue weighted by Crippen LogP contribution is -2.25. The smallest absolute Gasteiger partial charge is 0.250 e. The Balaban J connectivity index is 1.79. The van der Waals surface area contributed by atoms with Gasteiger partial charge >= 0.3 is 0 Å². The van der Waals surface area contributed by atoms with Crippen molar-refractivity contribution in [3.63, 3.8) is 0 Å². The fraction of sp³-hybridized carbons (Fsp3) is 0.125. The number of tetrazole rings is 1. The molecule has 0 spiro atoms. The Morgan fingerprint density at radius 1 is 1.21 bits per heavy atom. The van der Waals surface area contributed by atoms with Crippen LogP contribution in [0.3, 0.4) is 0 Å². The van der Waals surface area contributed by atoms with Crippen molar-refractivity contribution in [3.05, 3.63) is 58.8 Å². The number of anilines is 1. The van der Waals surface area contributed by atoms with Gasteiger partial charge in [0.2, 0.25) is 5.82 Å². The van der Waals surface area contributed by atoms with Crippen LogP contribution in [-0.2, 0) is 4.79 Å². The standard InChI is InChI=1S/C16H13BrFN5O/c1-10(16(24)19-14-9-5-4-8-13(14)18)23-21-15(20-22-23)11-6-2-3-7-12(11)17/h2-10H,1H3,(H,19,24)/t10-/m1/s1. The molecule has 2 aromatic carbocycles. The zero-order valence-corrected chi connectivity index (χ0v) is 14.2. The molecule has 8 heteroatoms. The summed E-state index contributed by atoms with van der Waals surface area (Å²) < 4.78 is 14.4. The van der Waals surface area contributed by atoms with Crippen molar-refractivity contribution >= 4 is 27.5 Å². The molecular formula is C16H13BrFN5O. The second-order valence-electron chi connectivity index (χ2n) is 5.06. The molecule has 0 bridgehead atoms. The number of carbonyl (C=O) groups is 1. The van der Waals surface area contributed by atoms with Crippen LogP contribution >= 0.6 is 15.9 Å². The van der Waals surface area contributed by atoms with E-state index in [4.69, 9.17) is 0 Å². The van der Waals surface area contributed by atoms with Crippen LogP contribution in [-0.4, -0.2) is 26.1 Å². The van der Waals surface area contributed by atoms with Gasteiger partial charge in [0.15, 0.2) is 0 Å². The quantitative estimate of drug-likeness (QED) is 0.741. The lowest BCUT2D eigenvalue weighted by molar-refractivity contribution is -0.119. The molecule has 0 saturated heterocycles. The second-order valence-corrected chi connectivity index (χ2v) is 5.91. The van der Waals surface area contributed by atoms with E-state index >= 15 is 0 Å². The molecule has 0 saturated carbocycles. The van der Waals surface area contributed by atoms with Gasteiger partial charge in [-0.25, -0.2) is 4.39 Å². The van der Waals surface area contributed by atoms with E-state index in [1.165, 1.54) is 16.9 Å². The highest BCUT2D eigenvalue weighted by atomic mass is 79.9. The van der Waals surface area contributed by atoms with Crippen LogP contribution < -0.4 is 5.32 Å². The van der Waals surface area contributed by atoms with E-state index in [0.29, 0.717) is 5.82 Å². The molecule has 122 valence electrons. The van der Waals surface area contributed by atoms with Crippen LogP contribution in [0.2, 0.25) is 0 Å². The molecule has 1 heterocycles. The Bertz CT molecular complexity index is 882. The zero-order chi connectivity index (χ0) is 17.1. The SMILES string of the molecule is C[C@H](C(=O)Nc1ccccc1F)n1nnc(-c2ccccc2Br)n1.